The molecule has 4 aromatic rings. The van der Waals surface area contributed by atoms with Crippen molar-refractivity contribution in [2.75, 3.05) is 5.32 Å². The molecule has 0 saturated heterocycles. The number of nitrogens with zero attached hydrogens (tertiary/aromatic N) is 4. The van der Waals surface area contributed by atoms with Crippen LogP contribution in [-0.2, 0) is 0 Å². The van der Waals surface area contributed by atoms with Crippen molar-refractivity contribution in [1.82, 2.24) is 19.5 Å². The van der Waals surface area contributed by atoms with Crippen LogP contribution in [0.1, 0.15) is 44.2 Å². The fraction of sp³-hybridized carbons (Fsp3) is 0.296. The minimum absolute atomic E-state index is 0.110. The van der Waals surface area contributed by atoms with Crippen molar-refractivity contribution in [3.05, 3.63) is 78.1 Å². The van der Waals surface area contributed by atoms with Gasteiger partial charge in [0.25, 0.3) is 0 Å². The van der Waals surface area contributed by atoms with Gasteiger partial charge in [0.05, 0.1) is 23.2 Å². The number of aryl methyl sites for hydroxylation is 1. The molecule has 180 valence electrons. The molecule has 0 bridgehead atoms. The highest BCUT2D eigenvalue weighted by Crippen LogP contribution is 2.39. The zero-order valence-electron chi connectivity index (χ0n) is 19.7. The van der Waals surface area contributed by atoms with Crippen molar-refractivity contribution in [3.63, 3.8) is 0 Å². The van der Waals surface area contributed by atoms with Gasteiger partial charge in [-0.2, -0.15) is 0 Å². The number of imidazole rings is 1. The predicted octanol–water partition coefficient (Wildman–Crippen LogP) is 6.20. The van der Waals surface area contributed by atoms with Gasteiger partial charge in [-0.3, -0.25) is 0 Å². The Kier molecular flexibility index (Phi) is 6.06. The van der Waals surface area contributed by atoms with Crippen LogP contribution in [0.3, 0.4) is 0 Å². The molecule has 0 spiro atoms. The van der Waals surface area contributed by atoms with Gasteiger partial charge in [0.15, 0.2) is 0 Å². The molecule has 1 fully saturated rings. The van der Waals surface area contributed by atoms with Crippen LogP contribution in [-0.4, -0.2) is 30.2 Å². The van der Waals surface area contributed by atoms with E-state index in [0.717, 1.165) is 41.2 Å². The second-order valence-corrected chi connectivity index (χ2v) is 9.42. The molecule has 0 aliphatic heterocycles. The molecule has 0 amide bonds. The number of benzene rings is 2. The molecule has 2 aromatic carbocycles. The van der Waals surface area contributed by atoms with Crippen LogP contribution in [0, 0.1) is 18.6 Å². The minimum atomic E-state index is -0.674. The molecule has 5 rings (SSSR count). The topological polar surface area (TPSA) is 75.9 Å². The Balaban J connectivity index is 1.54. The van der Waals surface area contributed by atoms with Gasteiger partial charge in [-0.15, -0.1) is 0 Å². The maximum atomic E-state index is 13.6. The molecular formula is C27H27F2N5O. The molecule has 35 heavy (non-hydrogen) atoms. The zero-order chi connectivity index (χ0) is 24.6. The SMILES string of the molecule is Cc1cc(F)ccc1Nc1nccc(-c2cnc(-c3ccc(F)cc3)n2C2CCC(C)(O)CC2)n1. The van der Waals surface area contributed by atoms with Gasteiger partial charge in [-0.25, -0.2) is 23.7 Å². The third kappa shape index (κ3) is 4.93. The molecule has 1 aliphatic carbocycles. The largest absolute Gasteiger partial charge is 0.390 e. The van der Waals surface area contributed by atoms with Crippen LogP contribution < -0.4 is 5.32 Å². The number of rotatable bonds is 5. The van der Waals surface area contributed by atoms with E-state index in [-0.39, 0.29) is 17.7 Å². The van der Waals surface area contributed by atoms with E-state index in [1.165, 1.54) is 24.3 Å². The van der Waals surface area contributed by atoms with Crippen LogP contribution in [0.5, 0.6) is 0 Å². The second kappa shape index (κ2) is 9.19. The molecule has 6 nitrogen and oxygen atoms in total. The number of aliphatic hydroxyl groups is 1. The van der Waals surface area contributed by atoms with Gasteiger partial charge < -0.3 is 15.0 Å². The Morgan fingerprint density at radius 1 is 1.00 bits per heavy atom. The maximum absolute atomic E-state index is 13.6. The number of anilines is 2. The highest BCUT2D eigenvalue weighted by molar-refractivity contribution is 5.66. The van der Waals surface area contributed by atoms with E-state index < -0.39 is 5.60 Å². The van der Waals surface area contributed by atoms with Crippen molar-refractivity contribution in [2.45, 2.75) is 51.2 Å². The predicted molar refractivity (Wildman–Crippen MR) is 131 cm³/mol. The summed E-state index contributed by atoms with van der Waals surface area (Å²) in [6.45, 7) is 3.69. The molecule has 1 aliphatic rings. The average molecular weight is 476 g/mol. The van der Waals surface area contributed by atoms with Crippen molar-refractivity contribution in [3.8, 4) is 22.8 Å². The number of aromatic nitrogens is 4. The fourth-order valence-electron chi connectivity index (χ4n) is 4.66. The number of halogens is 2. The average Bonchev–Trinajstić information content (AvgIpc) is 3.27. The second-order valence-electron chi connectivity index (χ2n) is 9.42. The number of hydrogen-bond donors (Lipinski definition) is 2. The van der Waals surface area contributed by atoms with E-state index in [1.54, 1.807) is 30.6 Å². The molecule has 2 N–H and O–H groups in total. The molecule has 2 aromatic heterocycles. The Labute approximate surface area is 202 Å². The quantitative estimate of drug-likeness (QED) is 0.359. The van der Waals surface area contributed by atoms with Crippen LogP contribution in [0.2, 0.25) is 0 Å². The first-order valence-corrected chi connectivity index (χ1v) is 11.7. The Bertz CT molecular complexity index is 1340. The van der Waals surface area contributed by atoms with E-state index in [0.29, 0.717) is 24.5 Å². The minimum Gasteiger partial charge on any atom is -0.390 e. The van der Waals surface area contributed by atoms with Gasteiger partial charge in [0.2, 0.25) is 5.95 Å². The lowest BCUT2D eigenvalue weighted by Gasteiger charge is -2.35. The van der Waals surface area contributed by atoms with Crippen molar-refractivity contribution in [2.24, 2.45) is 0 Å². The van der Waals surface area contributed by atoms with Crippen molar-refractivity contribution >= 4 is 11.6 Å². The van der Waals surface area contributed by atoms with E-state index in [4.69, 9.17) is 9.97 Å². The molecule has 1 saturated carbocycles. The maximum Gasteiger partial charge on any atom is 0.227 e. The molecule has 0 radical (unpaired) electrons. The van der Waals surface area contributed by atoms with Crippen LogP contribution >= 0.6 is 0 Å². The summed E-state index contributed by atoms with van der Waals surface area (Å²) >= 11 is 0. The smallest absolute Gasteiger partial charge is 0.227 e. The summed E-state index contributed by atoms with van der Waals surface area (Å²) < 4.78 is 29.2. The number of nitrogens with one attached hydrogen (secondary N) is 1. The van der Waals surface area contributed by atoms with E-state index in [2.05, 4.69) is 14.9 Å². The Morgan fingerprint density at radius 2 is 1.71 bits per heavy atom. The van der Waals surface area contributed by atoms with Crippen LogP contribution in [0.4, 0.5) is 20.4 Å². The highest BCUT2D eigenvalue weighted by Gasteiger charge is 2.32. The summed E-state index contributed by atoms with van der Waals surface area (Å²) in [5.41, 5.74) is 3.10. The van der Waals surface area contributed by atoms with Gasteiger partial charge in [-0.05, 0) is 93.6 Å². The Morgan fingerprint density at radius 3 is 2.43 bits per heavy atom. The lowest BCUT2D eigenvalue weighted by Crippen LogP contribution is -2.31. The fourth-order valence-corrected chi connectivity index (χ4v) is 4.66. The van der Waals surface area contributed by atoms with Gasteiger partial charge >= 0.3 is 0 Å². The van der Waals surface area contributed by atoms with Gasteiger partial charge in [0.1, 0.15) is 17.5 Å². The van der Waals surface area contributed by atoms with Crippen molar-refractivity contribution < 1.29 is 13.9 Å². The third-order valence-corrected chi connectivity index (χ3v) is 6.65. The molecule has 0 unspecified atom stereocenters. The molecule has 0 atom stereocenters. The number of hydrogen-bond acceptors (Lipinski definition) is 5. The Hall–Kier alpha value is -3.65. The van der Waals surface area contributed by atoms with Crippen molar-refractivity contribution in [1.29, 1.82) is 0 Å². The molecule has 8 heteroatoms. The lowest BCUT2D eigenvalue weighted by molar-refractivity contribution is 0.0103. The van der Waals surface area contributed by atoms with E-state index in [1.807, 2.05) is 19.9 Å². The van der Waals surface area contributed by atoms with E-state index in [9.17, 15) is 13.9 Å². The zero-order valence-corrected chi connectivity index (χ0v) is 19.7. The molecular weight excluding hydrogens is 448 g/mol. The third-order valence-electron chi connectivity index (χ3n) is 6.65. The lowest BCUT2D eigenvalue weighted by atomic mass is 9.83. The molecule has 2 heterocycles. The van der Waals surface area contributed by atoms with Gasteiger partial charge in [0, 0.05) is 23.5 Å². The summed E-state index contributed by atoms with van der Waals surface area (Å²) in [6, 6.07) is 12.7. The summed E-state index contributed by atoms with van der Waals surface area (Å²) in [5, 5.41) is 13.7. The summed E-state index contributed by atoms with van der Waals surface area (Å²) in [4.78, 5) is 13.8. The monoisotopic (exact) mass is 475 g/mol. The first-order valence-electron chi connectivity index (χ1n) is 11.7. The summed E-state index contributed by atoms with van der Waals surface area (Å²) in [6.07, 6.45) is 6.38. The first kappa shape index (κ1) is 23.1. The van der Waals surface area contributed by atoms with Crippen LogP contribution in [0.15, 0.2) is 60.9 Å². The highest BCUT2D eigenvalue weighted by atomic mass is 19.1. The van der Waals surface area contributed by atoms with E-state index >= 15 is 0 Å². The standard InChI is InChI=1S/C27H27F2N5O/c1-17-15-20(29)7-8-22(17)32-26-30-14-11-23(33-26)24-16-31-25(18-3-5-19(28)6-4-18)34(24)21-9-12-27(2,35)13-10-21/h3-8,11,14-16,21,35H,9-10,12-13H2,1-2H3,(H,30,32,33). The first-order chi connectivity index (χ1) is 16.8. The van der Waals surface area contributed by atoms with Gasteiger partial charge in [-0.1, -0.05) is 0 Å². The van der Waals surface area contributed by atoms with Crippen LogP contribution in [0.25, 0.3) is 22.8 Å². The summed E-state index contributed by atoms with van der Waals surface area (Å²) in [7, 11) is 0. The summed E-state index contributed by atoms with van der Waals surface area (Å²) in [5.74, 6) is 0.517. The normalized spacial score (nSPS) is 20.1.